The van der Waals surface area contributed by atoms with E-state index < -0.39 is 5.41 Å². The Balaban J connectivity index is 1.01. The van der Waals surface area contributed by atoms with E-state index in [1.807, 2.05) is 42.5 Å². The zero-order chi connectivity index (χ0) is 44.6. The maximum atomic E-state index is 5.43. The summed E-state index contributed by atoms with van der Waals surface area (Å²) in [6, 6.07) is 89.8. The Morgan fingerprint density at radius 3 is 0.985 bits per heavy atom. The van der Waals surface area contributed by atoms with Crippen molar-refractivity contribution in [3.63, 3.8) is 0 Å². The quantitative estimate of drug-likeness (QED) is 0.145. The fourth-order valence-electron chi connectivity index (χ4n) is 9.99. The van der Waals surface area contributed by atoms with Crippen molar-refractivity contribution in [3.05, 3.63) is 277 Å². The summed E-state index contributed by atoms with van der Waals surface area (Å²) in [6.45, 7) is 0. The monoisotopic (exact) mass is 854 g/mol. The molecule has 12 rings (SSSR count). The molecule has 0 amide bonds. The van der Waals surface area contributed by atoms with Crippen molar-refractivity contribution >= 4 is 0 Å². The third-order valence-electron chi connectivity index (χ3n) is 13.1. The van der Waals surface area contributed by atoms with Crippen molar-refractivity contribution in [1.29, 1.82) is 0 Å². The lowest BCUT2D eigenvalue weighted by molar-refractivity contribution is 0.768. The average Bonchev–Trinajstić information content (AvgIpc) is 3.72. The molecule has 0 spiro atoms. The lowest BCUT2D eigenvalue weighted by atomic mass is 9.67. The fraction of sp³-hybridized carbons (Fsp3) is 0.0159. The first-order chi connectivity index (χ1) is 33.2. The van der Waals surface area contributed by atoms with Gasteiger partial charge in [0.25, 0.3) is 0 Å². The minimum absolute atomic E-state index is 0.495. The van der Waals surface area contributed by atoms with Crippen molar-refractivity contribution in [3.8, 4) is 90.1 Å². The molecule has 9 aromatic carbocycles. The van der Waals surface area contributed by atoms with E-state index in [9.17, 15) is 0 Å². The zero-order valence-corrected chi connectivity index (χ0v) is 36.5. The normalized spacial score (nSPS) is 12.3. The molecule has 67 heavy (non-hydrogen) atoms. The third kappa shape index (κ3) is 7.04. The third-order valence-corrected chi connectivity index (χ3v) is 13.1. The Labute approximate surface area is 390 Å². The van der Waals surface area contributed by atoms with Gasteiger partial charge in [-0.25, -0.2) is 19.9 Å². The molecular weight excluding hydrogens is 813 g/mol. The molecule has 1 aliphatic rings. The molecule has 0 radical (unpaired) electrons. The predicted octanol–water partition coefficient (Wildman–Crippen LogP) is 15.3. The molecule has 0 unspecified atom stereocenters. The Hall–Kier alpha value is -8.86. The molecule has 0 fully saturated rings. The van der Waals surface area contributed by atoms with Crippen molar-refractivity contribution in [2.75, 3.05) is 0 Å². The van der Waals surface area contributed by atoms with Crippen LogP contribution in [0.2, 0.25) is 0 Å². The van der Waals surface area contributed by atoms with Crippen LogP contribution in [0.15, 0.2) is 255 Å². The summed E-state index contributed by atoms with van der Waals surface area (Å²) in [4.78, 5) is 21.1. The number of nitrogens with zero attached hydrogens (tertiary/aromatic N) is 4. The Morgan fingerprint density at radius 1 is 0.224 bits per heavy atom. The van der Waals surface area contributed by atoms with Gasteiger partial charge in [0.2, 0.25) is 0 Å². The molecule has 0 atom stereocenters. The first-order valence-electron chi connectivity index (χ1n) is 22.7. The number of hydrogen-bond acceptors (Lipinski definition) is 4. The minimum Gasteiger partial charge on any atom is -0.228 e. The van der Waals surface area contributed by atoms with Crippen LogP contribution in [-0.4, -0.2) is 19.9 Å². The molecule has 314 valence electrons. The summed E-state index contributed by atoms with van der Waals surface area (Å²) in [7, 11) is 0. The van der Waals surface area contributed by atoms with Gasteiger partial charge in [0.1, 0.15) is 0 Å². The van der Waals surface area contributed by atoms with E-state index in [0.717, 1.165) is 67.3 Å². The highest BCUT2D eigenvalue weighted by Gasteiger charge is 2.45. The molecule has 0 bridgehead atoms. The van der Waals surface area contributed by atoms with Gasteiger partial charge in [0.15, 0.2) is 11.6 Å². The molecule has 11 aromatic rings. The molecule has 4 nitrogen and oxygen atoms in total. The predicted molar refractivity (Wildman–Crippen MR) is 273 cm³/mol. The summed E-state index contributed by atoms with van der Waals surface area (Å²) in [5, 5.41) is 0. The van der Waals surface area contributed by atoms with Crippen molar-refractivity contribution in [1.82, 2.24) is 19.9 Å². The van der Waals surface area contributed by atoms with Crippen LogP contribution in [-0.2, 0) is 5.41 Å². The van der Waals surface area contributed by atoms with E-state index in [1.165, 1.54) is 33.4 Å². The minimum atomic E-state index is -0.495. The lowest BCUT2D eigenvalue weighted by Crippen LogP contribution is -2.28. The molecule has 0 N–H and O–H groups in total. The van der Waals surface area contributed by atoms with Gasteiger partial charge in [0, 0.05) is 33.4 Å². The second-order valence-corrected chi connectivity index (χ2v) is 16.9. The van der Waals surface area contributed by atoms with Gasteiger partial charge >= 0.3 is 0 Å². The van der Waals surface area contributed by atoms with Crippen LogP contribution in [0.5, 0.6) is 0 Å². The molecule has 0 saturated heterocycles. The fourth-order valence-corrected chi connectivity index (χ4v) is 9.99. The van der Waals surface area contributed by atoms with E-state index in [0.29, 0.717) is 11.6 Å². The summed E-state index contributed by atoms with van der Waals surface area (Å²) in [5.41, 5.74) is 18.4. The number of hydrogen-bond donors (Lipinski definition) is 0. The standard InChI is InChI=1S/C63H42N4/c1-5-21-43(22-6-1)57-41-59(66-61(64-57)45-25-9-3-10-26-45)53-33-15-13-29-49(53)50-30-14-16-34-54(50)60-42-58(44-23-7-2-8-24-44)65-62(67-60)46-37-39-48(40-38-46)63(47-27-11-4-12-28-47)55-35-19-17-31-51(55)52-32-18-20-36-56(52)63/h1-42H. The zero-order valence-electron chi connectivity index (χ0n) is 36.5. The van der Waals surface area contributed by atoms with Gasteiger partial charge in [-0.1, -0.05) is 243 Å². The van der Waals surface area contributed by atoms with Crippen LogP contribution in [0.25, 0.3) is 90.1 Å². The van der Waals surface area contributed by atoms with Crippen molar-refractivity contribution in [2.45, 2.75) is 5.41 Å². The Morgan fingerprint density at radius 2 is 0.537 bits per heavy atom. The maximum absolute atomic E-state index is 5.43. The van der Waals surface area contributed by atoms with E-state index in [-0.39, 0.29) is 0 Å². The largest absolute Gasteiger partial charge is 0.228 e. The molecular formula is C63H42N4. The number of aromatic nitrogens is 4. The van der Waals surface area contributed by atoms with Crippen LogP contribution in [0.3, 0.4) is 0 Å². The van der Waals surface area contributed by atoms with Crippen molar-refractivity contribution < 1.29 is 0 Å². The maximum Gasteiger partial charge on any atom is 0.160 e. The van der Waals surface area contributed by atoms with Gasteiger partial charge in [-0.3, -0.25) is 0 Å². The topological polar surface area (TPSA) is 51.6 Å². The number of fused-ring (bicyclic) bond motifs is 3. The Kier molecular flexibility index (Phi) is 10.0. The average molecular weight is 855 g/mol. The second kappa shape index (κ2) is 16.9. The summed E-state index contributed by atoms with van der Waals surface area (Å²) < 4.78 is 0. The van der Waals surface area contributed by atoms with Gasteiger partial charge in [-0.2, -0.15) is 0 Å². The number of rotatable bonds is 9. The smallest absolute Gasteiger partial charge is 0.160 e. The molecule has 0 aliphatic heterocycles. The molecule has 2 aromatic heterocycles. The summed E-state index contributed by atoms with van der Waals surface area (Å²) in [6.07, 6.45) is 0. The van der Waals surface area contributed by atoms with Gasteiger partial charge in [-0.05, 0) is 56.6 Å². The first-order valence-corrected chi connectivity index (χ1v) is 22.7. The van der Waals surface area contributed by atoms with Crippen LogP contribution in [0, 0.1) is 0 Å². The van der Waals surface area contributed by atoms with Crippen LogP contribution in [0.1, 0.15) is 22.3 Å². The van der Waals surface area contributed by atoms with E-state index in [1.54, 1.807) is 0 Å². The van der Waals surface area contributed by atoms with E-state index in [4.69, 9.17) is 19.9 Å². The second-order valence-electron chi connectivity index (χ2n) is 16.9. The highest BCUT2D eigenvalue weighted by atomic mass is 14.9. The van der Waals surface area contributed by atoms with E-state index >= 15 is 0 Å². The van der Waals surface area contributed by atoms with Crippen molar-refractivity contribution in [2.24, 2.45) is 0 Å². The van der Waals surface area contributed by atoms with Gasteiger partial charge in [-0.15, -0.1) is 0 Å². The van der Waals surface area contributed by atoms with Gasteiger partial charge < -0.3 is 0 Å². The summed E-state index contributed by atoms with van der Waals surface area (Å²) in [5.74, 6) is 1.33. The summed E-state index contributed by atoms with van der Waals surface area (Å²) >= 11 is 0. The Bertz CT molecular complexity index is 3450. The lowest BCUT2D eigenvalue weighted by Gasteiger charge is -2.34. The highest BCUT2D eigenvalue weighted by Crippen LogP contribution is 2.56. The SMILES string of the molecule is c1ccc(-c2cc(-c3ccccc3-c3ccccc3-c3cc(-c4ccccc4)nc(-c4ccc(C5(c6ccccc6)c6ccccc6-c6ccccc65)cc4)n3)nc(-c3ccccc3)n2)cc1. The molecule has 0 saturated carbocycles. The van der Waals surface area contributed by atoms with Crippen LogP contribution >= 0.6 is 0 Å². The van der Waals surface area contributed by atoms with E-state index in [2.05, 4.69) is 212 Å². The van der Waals surface area contributed by atoms with Crippen LogP contribution < -0.4 is 0 Å². The molecule has 4 heteroatoms. The first kappa shape index (κ1) is 39.7. The van der Waals surface area contributed by atoms with Gasteiger partial charge in [0.05, 0.1) is 28.2 Å². The molecule has 2 heterocycles. The molecule has 1 aliphatic carbocycles. The highest BCUT2D eigenvalue weighted by molar-refractivity contribution is 5.92. The number of benzene rings is 9. The van der Waals surface area contributed by atoms with Crippen LogP contribution in [0.4, 0.5) is 0 Å².